The van der Waals surface area contributed by atoms with Crippen molar-refractivity contribution in [3.8, 4) is 5.75 Å². The van der Waals surface area contributed by atoms with Gasteiger partial charge < -0.3 is 10.1 Å². The molecule has 0 heterocycles. The monoisotopic (exact) mass is 311 g/mol. The molecule has 2 aromatic rings. The lowest BCUT2D eigenvalue weighted by molar-refractivity contribution is -0.134. The zero-order valence-electron chi connectivity index (χ0n) is 13.0. The predicted molar refractivity (Wildman–Crippen MR) is 86.8 cm³/mol. The minimum Gasteiger partial charge on any atom is -0.427 e. The van der Waals surface area contributed by atoms with Crippen LogP contribution in [0.2, 0.25) is 0 Å². The summed E-state index contributed by atoms with van der Waals surface area (Å²) in [5, 5.41) is 2.74. The molecule has 0 spiro atoms. The number of ether oxygens (including phenoxy) is 1. The number of hydrogen-bond donors (Lipinski definition) is 1. The van der Waals surface area contributed by atoms with Crippen LogP contribution >= 0.6 is 0 Å². The second-order valence-electron chi connectivity index (χ2n) is 4.94. The minimum absolute atomic E-state index is 0.0277. The summed E-state index contributed by atoms with van der Waals surface area (Å²) in [6.45, 7) is 3.20. The molecule has 0 radical (unpaired) electrons. The molecule has 2 aromatic carbocycles. The normalized spacial score (nSPS) is 10.0. The third kappa shape index (κ3) is 4.51. The summed E-state index contributed by atoms with van der Waals surface area (Å²) in [6, 6.07) is 13.0. The highest BCUT2D eigenvalue weighted by atomic mass is 16.5. The van der Waals surface area contributed by atoms with Gasteiger partial charge in [-0.15, -0.1) is 0 Å². The van der Waals surface area contributed by atoms with E-state index in [0.29, 0.717) is 29.0 Å². The fraction of sp³-hybridized carbons (Fsp3) is 0.167. The second kappa shape index (κ2) is 7.35. The first-order valence-corrected chi connectivity index (χ1v) is 7.22. The van der Waals surface area contributed by atoms with E-state index in [1.165, 1.54) is 6.92 Å². The molecule has 0 saturated heterocycles. The lowest BCUT2D eigenvalue weighted by atomic mass is 10.1. The summed E-state index contributed by atoms with van der Waals surface area (Å²) in [6.07, 6.45) is 0.290. The number of carbonyl (C=O) groups excluding carboxylic acids is 3. The molecule has 5 heteroatoms. The first kappa shape index (κ1) is 16.4. The Morgan fingerprint density at radius 1 is 0.913 bits per heavy atom. The molecule has 2 rings (SSSR count). The van der Waals surface area contributed by atoms with Gasteiger partial charge in [-0.2, -0.15) is 0 Å². The van der Waals surface area contributed by atoms with Gasteiger partial charge in [-0.25, -0.2) is 0 Å². The SMILES string of the molecule is CCC(=O)Oc1ccc(C(=O)Nc2ccc(C(C)=O)cc2)cc1. The van der Waals surface area contributed by atoms with E-state index in [1.807, 2.05) is 0 Å². The number of amides is 1. The average Bonchev–Trinajstić information content (AvgIpc) is 2.55. The molecular weight excluding hydrogens is 294 g/mol. The Bertz CT molecular complexity index is 718. The number of benzene rings is 2. The lowest BCUT2D eigenvalue weighted by Crippen LogP contribution is -2.12. The molecule has 23 heavy (non-hydrogen) atoms. The van der Waals surface area contributed by atoms with E-state index in [0.717, 1.165) is 0 Å². The predicted octanol–water partition coefficient (Wildman–Crippen LogP) is 3.46. The highest BCUT2D eigenvalue weighted by Crippen LogP contribution is 2.15. The van der Waals surface area contributed by atoms with E-state index in [-0.39, 0.29) is 17.7 Å². The van der Waals surface area contributed by atoms with E-state index >= 15 is 0 Å². The molecule has 0 unspecified atom stereocenters. The van der Waals surface area contributed by atoms with Gasteiger partial charge in [0, 0.05) is 23.2 Å². The average molecular weight is 311 g/mol. The number of rotatable bonds is 5. The number of esters is 1. The summed E-state index contributed by atoms with van der Waals surface area (Å²) >= 11 is 0. The van der Waals surface area contributed by atoms with Crippen molar-refractivity contribution < 1.29 is 19.1 Å². The van der Waals surface area contributed by atoms with Crippen molar-refractivity contribution in [2.45, 2.75) is 20.3 Å². The lowest BCUT2D eigenvalue weighted by Gasteiger charge is -2.07. The van der Waals surface area contributed by atoms with E-state index < -0.39 is 0 Å². The summed E-state index contributed by atoms with van der Waals surface area (Å²) in [5.74, 6) is -0.235. The first-order valence-electron chi connectivity index (χ1n) is 7.22. The van der Waals surface area contributed by atoms with Crippen LogP contribution in [-0.2, 0) is 4.79 Å². The van der Waals surface area contributed by atoms with Crippen molar-refractivity contribution >= 4 is 23.3 Å². The van der Waals surface area contributed by atoms with Crippen molar-refractivity contribution in [3.05, 3.63) is 59.7 Å². The molecule has 0 fully saturated rings. The highest BCUT2D eigenvalue weighted by Gasteiger charge is 2.08. The van der Waals surface area contributed by atoms with Crippen LogP contribution in [-0.4, -0.2) is 17.7 Å². The van der Waals surface area contributed by atoms with Crippen molar-refractivity contribution in [1.29, 1.82) is 0 Å². The summed E-state index contributed by atoms with van der Waals surface area (Å²) < 4.78 is 5.05. The second-order valence-corrected chi connectivity index (χ2v) is 4.94. The van der Waals surface area contributed by atoms with Gasteiger partial charge >= 0.3 is 5.97 Å². The molecule has 1 N–H and O–H groups in total. The van der Waals surface area contributed by atoms with Crippen LogP contribution in [0.25, 0.3) is 0 Å². The number of Topliss-reactive ketones (excluding diaryl/α,β-unsaturated/α-hetero) is 1. The Morgan fingerprint density at radius 3 is 2.00 bits per heavy atom. The summed E-state index contributed by atoms with van der Waals surface area (Å²) in [5.41, 5.74) is 1.63. The number of ketones is 1. The van der Waals surface area contributed by atoms with Crippen LogP contribution in [0.4, 0.5) is 5.69 Å². The number of carbonyl (C=O) groups is 3. The van der Waals surface area contributed by atoms with Crippen molar-refractivity contribution in [2.24, 2.45) is 0 Å². The van der Waals surface area contributed by atoms with Crippen LogP contribution in [0.3, 0.4) is 0 Å². The van der Waals surface area contributed by atoms with Crippen LogP contribution in [0, 0.1) is 0 Å². The smallest absolute Gasteiger partial charge is 0.310 e. The van der Waals surface area contributed by atoms with Crippen LogP contribution in [0.1, 0.15) is 41.0 Å². The van der Waals surface area contributed by atoms with Gasteiger partial charge in [-0.3, -0.25) is 14.4 Å². The van der Waals surface area contributed by atoms with Gasteiger partial charge in [-0.1, -0.05) is 6.92 Å². The molecule has 0 aliphatic heterocycles. The van der Waals surface area contributed by atoms with Gasteiger partial charge in [-0.05, 0) is 55.5 Å². The maximum atomic E-state index is 12.1. The largest absolute Gasteiger partial charge is 0.427 e. The van der Waals surface area contributed by atoms with Gasteiger partial charge in [0.05, 0.1) is 0 Å². The van der Waals surface area contributed by atoms with Crippen molar-refractivity contribution in [3.63, 3.8) is 0 Å². The third-order valence-corrected chi connectivity index (χ3v) is 3.19. The Kier molecular flexibility index (Phi) is 5.25. The standard InChI is InChI=1S/C18H17NO4/c1-3-17(21)23-16-10-6-14(7-11-16)18(22)19-15-8-4-13(5-9-15)12(2)20/h4-11H,3H2,1-2H3,(H,19,22). The molecule has 5 nitrogen and oxygen atoms in total. The molecule has 0 aromatic heterocycles. The van der Waals surface area contributed by atoms with Crippen LogP contribution < -0.4 is 10.1 Å². The third-order valence-electron chi connectivity index (χ3n) is 3.19. The Balaban J connectivity index is 2.02. The maximum Gasteiger partial charge on any atom is 0.310 e. The molecule has 0 atom stereocenters. The van der Waals surface area contributed by atoms with Gasteiger partial charge in [0.2, 0.25) is 0 Å². The quantitative estimate of drug-likeness (QED) is 0.521. The zero-order chi connectivity index (χ0) is 16.8. The topological polar surface area (TPSA) is 72.5 Å². The van der Waals surface area contributed by atoms with E-state index in [4.69, 9.17) is 4.74 Å². The van der Waals surface area contributed by atoms with Crippen LogP contribution in [0.15, 0.2) is 48.5 Å². The molecular formula is C18H17NO4. The maximum absolute atomic E-state index is 12.1. The van der Waals surface area contributed by atoms with Gasteiger partial charge in [0.25, 0.3) is 5.91 Å². The Hall–Kier alpha value is -2.95. The molecule has 0 aliphatic rings. The van der Waals surface area contributed by atoms with Gasteiger partial charge in [0.1, 0.15) is 5.75 Å². The number of nitrogens with one attached hydrogen (secondary N) is 1. The molecule has 1 amide bonds. The Labute approximate surface area is 134 Å². The van der Waals surface area contributed by atoms with E-state index in [1.54, 1.807) is 55.5 Å². The highest BCUT2D eigenvalue weighted by molar-refractivity contribution is 6.04. The molecule has 0 aliphatic carbocycles. The number of anilines is 1. The van der Waals surface area contributed by atoms with Gasteiger partial charge in [0.15, 0.2) is 5.78 Å². The molecule has 118 valence electrons. The first-order chi connectivity index (χ1) is 11.0. The number of hydrogen-bond acceptors (Lipinski definition) is 4. The van der Waals surface area contributed by atoms with Crippen molar-refractivity contribution in [1.82, 2.24) is 0 Å². The summed E-state index contributed by atoms with van der Waals surface area (Å²) in [7, 11) is 0. The van der Waals surface area contributed by atoms with E-state index in [2.05, 4.69) is 5.32 Å². The fourth-order valence-corrected chi connectivity index (χ4v) is 1.87. The summed E-state index contributed by atoms with van der Waals surface area (Å²) in [4.78, 5) is 34.5. The van der Waals surface area contributed by atoms with Crippen molar-refractivity contribution in [2.75, 3.05) is 5.32 Å². The minimum atomic E-state index is -0.326. The van der Waals surface area contributed by atoms with Crippen LogP contribution in [0.5, 0.6) is 5.75 Å². The molecule has 0 saturated carbocycles. The van der Waals surface area contributed by atoms with E-state index in [9.17, 15) is 14.4 Å². The Morgan fingerprint density at radius 2 is 1.48 bits per heavy atom. The zero-order valence-corrected chi connectivity index (χ0v) is 13.0. The fourth-order valence-electron chi connectivity index (χ4n) is 1.87. The molecule has 0 bridgehead atoms.